The molecule has 86 valence electrons. The van der Waals surface area contributed by atoms with Crippen LogP contribution in [0.1, 0.15) is 18.4 Å². The van der Waals surface area contributed by atoms with Crippen molar-refractivity contribution in [3.05, 3.63) is 42.2 Å². The van der Waals surface area contributed by atoms with Gasteiger partial charge in [-0.3, -0.25) is 0 Å². The van der Waals surface area contributed by atoms with Gasteiger partial charge in [0.25, 0.3) is 0 Å². The maximum absolute atomic E-state index is 4.18. The summed E-state index contributed by atoms with van der Waals surface area (Å²) in [6.07, 6.45) is 6.71. The molecule has 0 aliphatic heterocycles. The fourth-order valence-corrected chi connectivity index (χ4v) is 1.78. The summed E-state index contributed by atoms with van der Waals surface area (Å²) in [5, 5.41) is 3.42. The highest BCUT2D eigenvalue weighted by Crippen LogP contribution is 2.01. The van der Waals surface area contributed by atoms with Crippen molar-refractivity contribution in [1.29, 1.82) is 0 Å². The van der Waals surface area contributed by atoms with Crippen molar-refractivity contribution in [1.82, 2.24) is 19.9 Å². The monoisotopic (exact) mass is 218 g/mol. The second-order valence-electron chi connectivity index (χ2n) is 3.75. The molecule has 2 rings (SSSR count). The molecular weight excluding hydrogens is 200 g/mol. The first kappa shape index (κ1) is 11.0. The van der Waals surface area contributed by atoms with Crippen LogP contribution in [0.2, 0.25) is 0 Å². The van der Waals surface area contributed by atoms with Crippen LogP contribution in [0, 0.1) is 0 Å². The molecule has 0 unspecified atom stereocenters. The topological polar surface area (TPSA) is 45.6 Å². The van der Waals surface area contributed by atoms with Crippen molar-refractivity contribution < 1.29 is 0 Å². The lowest BCUT2D eigenvalue weighted by Gasteiger charge is -2.07. The van der Waals surface area contributed by atoms with Gasteiger partial charge in [-0.15, -0.1) is 0 Å². The molecule has 0 spiro atoms. The highest BCUT2D eigenvalue weighted by atomic mass is 15.0. The molecule has 0 amide bonds. The number of nitrogens with one attached hydrogen (secondary N) is 2. The van der Waals surface area contributed by atoms with E-state index in [4.69, 9.17) is 0 Å². The van der Waals surface area contributed by atoms with E-state index in [1.54, 1.807) is 6.20 Å². The first-order valence-corrected chi connectivity index (χ1v) is 5.73. The Kier molecular flexibility index (Phi) is 3.77. The minimum absolute atomic E-state index is 0.918. The van der Waals surface area contributed by atoms with Crippen LogP contribution in [0.4, 0.5) is 0 Å². The molecule has 0 saturated carbocycles. The molecule has 0 aromatic carbocycles. The molecule has 0 bridgehead atoms. The fourth-order valence-electron chi connectivity index (χ4n) is 1.78. The lowest BCUT2D eigenvalue weighted by atomic mass is 10.3. The summed E-state index contributed by atoms with van der Waals surface area (Å²) >= 11 is 0. The zero-order chi connectivity index (χ0) is 11.2. The summed E-state index contributed by atoms with van der Waals surface area (Å²) in [4.78, 5) is 7.28. The first-order chi connectivity index (χ1) is 7.90. The molecule has 0 atom stereocenters. The van der Waals surface area contributed by atoms with Crippen molar-refractivity contribution in [2.75, 3.05) is 6.54 Å². The molecule has 4 nitrogen and oxygen atoms in total. The predicted molar refractivity (Wildman–Crippen MR) is 64.1 cm³/mol. The molecule has 0 fully saturated rings. The number of hydrogen-bond acceptors (Lipinski definition) is 2. The summed E-state index contributed by atoms with van der Waals surface area (Å²) in [7, 11) is 0. The molecule has 0 aliphatic carbocycles. The maximum Gasteiger partial charge on any atom is 0.107 e. The van der Waals surface area contributed by atoms with E-state index < -0.39 is 0 Å². The molecule has 2 N–H and O–H groups in total. The number of imidazole rings is 1. The minimum Gasteiger partial charge on any atom is -0.351 e. The second-order valence-corrected chi connectivity index (χ2v) is 3.75. The van der Waals surface area contributed by atoms with E-state index in [-0.39, 0.29) is 0 Å². The molecule has 4 heteroatoms. The van der Waals surface area contributed by atoms with E-state index in [2.05, 4.69) is 45.1 Å². The standard InChI is InChI=1S/C12H18N4/c1-2-16-9-3-4-11(16)10-13-6-5-12-14-7-8-15-12/h3-4,7-9,13H,2,5-6,10H2,1H3,(H,14,15). The molecule has 2 aromatic rings. The third kappa shape index (κ3) is 2.73. The van der Waals surface area contributed by atoms with Gasteiger partial charge in [0.1, 0.15) is 5.82 Å². The summed E-state index contributed by atoms with van der Waals surface area (Å²) in [6.45, 7) is 5.05. The van der Waals surface area contributed by atoms with Gasteiger partial charge in [-0.2, -0.15) is 0 Å². The molecule has 0 radical (unpaired) electrons. The second kappa shape index (κ2) is 5.51. The number of H-pyrrole nitrogens is 1. The van der Waals surface area contributed by atoms with Gasteiger partial charge in [0, 0.05) is 50.3 Å². The zero-order valence-corrected chi connectivity index (χ0v) is 9.61. The summed E-state index contributed by atoms with van der Waals surface area (Å²) in [5.74, 6) is 1.04. The summed E-state index contributed by atoms with van der Waals surface area (Å²) < 4.78 is 2.25. The van der Waals surface area contributed by atoms with Crippen LogP contribution < -0.4 is 5.32 Å². The average molecular weight is 218 g/mol. The molecule has 2 heterocycles. The van der Waals surface area contributed by atoms with Crippen molar-refractivity contribution in [3.8, 4) is 0 Å². The molecule has 0 aliphatic rings. The van der Waals surface area contributed by atoms with Crippen molar-refractivity contribution in [2.45, 2.75) is 26.4 Å². The van der Waals surface area contributed by atoms with E-state index in [9.17, 15) is 0 Å². The third-order valence-corrected chi connectivity index (χ3v) is 2.66. The van der Waals surface area contributed by atoms with Gasteiger partial charge in [-0.25, -0.2) is 4.98 Å². The lowest BCUT2D eigenvalue weighted by molar-refractivity contribution is 0.622. The number of aryl methyl sites for hydroxylation is 1. The van der Waals surface area contributed by atoms with Crippen molar-refractivity contribution in [2.24, 2.45) is 0 Å². The Morgan fingerprint density at radius 3 is 3.19 bits per heavy atom. The van der Waals surface area contributed by atoms with Crippen LogP contribution in [-0.4, -0.2) is 21.1 Å². The first-order valence-electron chi connectivity index (χ1n) is 5.73. The normalized spacial score (nSPS) is 10.8. The third-order valence-electron chi connectivity index (χ3n) is 2.66. The van der Waals surface area contributed by atoms with E-state index >= 15 is 0 Å². The van der Waals surface area contributed by atoms with E-state index in [1.165, 1.54) is 5.69 Å². The smallest absolute Gasteiger partial charge is 0.107 e. The largest absolute Gasteiger partial charge is 0.351 e. The van der Waals surface area contributed by atoms with E-state index in [0.717, 1.165) is 31.9 Å². The van der Waals surface area contributed by atoms with Crippen LogP contribution in [0.5, 0.6) is 0 Å². The maximum atomic E-state index is 4.18. The SMILES string of the molecule is CCn1cccc1CNCCc1ncc[nH]1. The van der Waals surface area contributed by atoms with Crippen molar-refractivity contribution in [3.63, 3.8) is 0 Å². The zero-order valence-electron chi connectivity index (χ0n) is 9.61. The van der Waals surface area contributed by atoms with Crippen LogP contribution >= 0.6 is 0 Å². The van der Waals surface area contributed by atoms with Crippen LogP contribution in [0.15, 0.2) is 30.7 Å². The van der Waals surface area contributed by atoms with Gasteiger partial charge in [-0.1, -0.05) is 0 Å². The molecule has 16 heavy (non-hydrogen) atoms. The highest BCUT2D eigenvalue weighted by molar-refractivity contribution is 5.06. The number of hydrogen-bond donors (Lipinski definition) is 2. The fraction of sp³-hybridized carbons (Fsp3) is 0.417. The van der Waals surface area contributed by atoms with Gasteiger partial charge < -0.3 is 14.9 Å². The van der Waals surface area contributed by atoms with Gasteiger partial charge >= 0.3 is 0 Å². The van der Waals surface area contributed by atoms with Crippen molar-refractivity contribution >= 4 is 0 Å². The Morgan fingerprint density at radius 1 is 1.50 bits per heavy atom. The molecule has 2 aromatic heterocycles. The van der Waals surface area contributed by atoms with E-state index in [1.807, 2.05) is 6.20 Å². The Balaban J connectivity index is 1.72. The Labute approximate surface area is 95.7 Å². The van der Waals surface area contributed by atoms with Gasteiger partial charge in [0.2, 0.25) is 0 Å². The molecule has 0 saturated heterocycles. The number of aromatic nitrogens is 3. The van der Waals surface area contributed by atoms with Gasteiger partial charge in [-0.05, 0) is 19.1 Å². The Hall–Kier alpha value is -1.55. The highest BCUT2D eigenvalue weighted by Gasteiger charge is 1.98. The Morgan fingerprint density at radius 2 is 2.44 bits per heavy atom. The number of aromatic amines is 1. The Bertz CT molecular complexity index is 402. The predicted octanol–water partition coefficient (Wildman–Crippen LogP) is 1.56. The van der Waals surface area contributed by atoms with Crippen LogP contribution in [0.25, 0.3) is 0 Å². The summed E-state index contributed by atoms with van der Waals surface area (Å²) in [5.41, 5.74) is 1.34. The number of rotatable bonds is 6. The average Bonchev–Trinajstić information content (AvgIpc) is 2.95. The lowest BCUT2D eigenvalue weighted by Crippen LogP contribution is -2.19. The van der Waals surface area contributed by atoms with Gasteiger partial charge in [0.05, 0.1) is 0 Å². The summed E-state index contributed by atoms with van der Waals surface area (Å²) in [6, 6.07) is 4.25. The van der Waals surface area contributed by atoms with Crippen LogP contribution in [-0.2, 0) is 19.5 Å². The van der Waals surface area contributed by atoms with E-state index in [0.29, 0.717) is 0 Å². The van der Waals surface area contributed by atoms with Crippen LogP contribution in [0.3, 0.4) is 0 Å². The quantitative estimate of drug-likeness (QED) is 0.723. The molecular formula is C12H18N4. The number of nitrogens with zero attached hydrogens (tertiary/aromatic N) is 2. The van der Waals surface area contributed by atoms with Gasteiger partial charge in [0.15, 0.2) is 0 Å². The minimum atomic E-state index is 0.918.